The topological polar surface area (TPSA) is 58.6 Å². The quantitative estimate of drug-likeness (QED) is 0.424. The van der Waals surface area contributed by atoms with Gasteiger partial charge in [0.2, 0.25) is 5.91 Å². The second-order valence-corrected chi connectivity index (χ2v) is 10.1. The van der Waals surface area contributed by atoms with E-state index in [0.717, 1.165) is 16.7 Å². The maximum Gasteiger partial charge on any atom is 0.261 e. The molecular weight excluding hydrogens is 460 g/mol. The first-order valence-electron chi connectivity index (χ1n) is 11.7. The third kappa shape index (κ3) is 8.45. The van der Waals surface area contributed by atoms with Crippen molar-refractivity contribution in [1.82, 2.24) is 10.2 Å². The Morgan fingerprint density at radius 3 is 2.23 bits per heavy atom. The van der Waals surface area contributed by atoms with Gasteiger partial charge in [0.25, 0.3) is 5.91 Å². The molecule has 0 aliphatic rings. The summed E-state index contributed by atoms with van der Waals surface area (Å²) in [5, 5.41) is 3.63. The Morgan fingerprint density at radius 1 is 0.943 bits per heavy atom. The highest BCUT2D eigenvalue weighted by atomic mass is 35.5. The lowest BCUT2D eigenvalue weighted by molar-refractivity contribution is -0.143. The second kappa shape index (κ2) is 11.9. The van der Waals surface area contributed by atoms with Crippen LogP contribution in [-0.4, -0.2) is 34.9 Å². The molecule has 35 heavy (non-hydrogen) atoms. The smallest absolute Gasteiger partial charge is 0.261 e. The predicted molar refractivity (Wildman–Crippen MR) is 141 cm³/mol. The lowest BCUT2D eigenvalue weighted by Crippen LogP contribution is -2.55. The Balaban J connectivity index is 1.92. The molecule has 0 fully saturated rings. The van der Waals surface area contributed by atoms with Gasteiger partial charge in [-0.2, -0.15) is 0 Å². The predicted octanol–water partition coefficient (Wildman–Crippen LogP) is 5.58. The number of nitrogens with one attached hydrogen (secondary N) is 1. The van der Waals surface area contributed by atoms with Crippen molar-refractivity contribution < 1.29 is 14.3 Å². The van der Waals surface area contributed by atoms with Gasteiger partial charge >= 0.3 is 0 Å². The molecule has 0 aliphatic carbocycles. The number of benzene rings is 3. The summed E-state index contributed by atoms with van der Waals surface area (Å²) in [6, 6.07) is 23.8. The van der Waals surface area contributed by atoms with E-state index in [4.69, 9.17) is 16.3 Å². The fraction of sp³-hybridized carbons (Fsp3) is 0.310. The van der Waals surface area contributed by atoms with Crippen molar-refractivity contribution in [2.45, 2.75) is 52.2 Å². The Labute approximate surface area is 213 Å². The fourth-order valence-corrected chi connectivity index (χ4v) is 3.91. The monoisotopic (exact) mass is 492 g/mol. The van der Waals surface area contributed by atoms with E-state index >= 15 is 0 Å². The standard InChI is InChI=1S/C29H33ClN2O3/c1-21-13-15-25(16-14-21)35-20-27(33)32(19-23-11-8-12-24(30)17-23)26(28(34)31-29(2,3)4)18-22-9-6-5-7-10-22/h5-17,26H,18-20H2,1-4H3,(H,31,34). The van der Waals surface area contributed by atoms with Crippen molar-refractivity contribution in [3.05, 3.63) is 101 Å². The maximum atomic E-state index is 13.6. The van der Waals surface area contributed by atoms with Gasteiger partial charge in [0.05, 0.1) is 0 Å². The first-order valence-corrected chi connectivity index (χ1v) is 12.1. The minimum atomic E-state index is -0.732. The molecule has 1 unspecified atom stereocenters. The van der Waals surface area contributed by atoms with Crippen molar-refractivity contribution in [2.24, 2.45) is 0 Å². The molecule has 5 nitrogen and oxygen atoms in total. The summed E-state index contributed by atoms with van der Waals surface area (Å²) in [7, 11) is 0. The number of carbonyl (C=O) groups is 2. The molecule has 3 aromatic carbocycles. The van der Waals surface area contributed by atoms with Crippen LogP contribution in [0, 0.1) is 6.92 Å². The van der Waals surface area contributed by atoms with Gasteiger partial charge in [-0.15, -0.1) is 0 Å². The summed E-state index contributed by atoms with van der Waals surface area (Å²) in [6.07, 6.45) is 0.375. The van der Waals surface area contributed by atoms with Crippen LogP contribution in [0.25, 0.3) is 0 Å². The van der Waals surface area contributed by atoms with Crippen LogP contribution >= 0.6 is 11.6 Å². The fourth-order valence-electron chi connectivity index (χ4n) is 3.70. The largest absolute Gasteiger partial charge is 0.484 e. The number of hydrogen-bond acceptors (Lipinski definition) is 3. The van der Waals surface area contributed by atoms with Crippen molar-refractivity contribution in [1.29, 1.82) is 0 Å². The van der Waals surface area contributed by atoms with E-state index in [-0.39, 0.29) is 25.0 Å². The highest BCUT2D eigenvalue weighted by Gasteiger charge is 2.32. The maximum absolute atomic E-state index is 13.6. The van der Waals surface area contributed by atoms with Gasteiger partial charge in [0.15, 0.2) is 6.61 Å². The zero-order valence-corrected chi connectivity index (χ0v) is 21.5. The van der Waals surface area contributed by atoms with Crippen LogP contribution in [-0.2, 0) is 22.6 Å². The summed E-state index contributed by atoms with van der Waals surface area (Å²) in [6.45, 7) is 7.81. The van der Waals surface area contributed by atoms with E-state index in [1.165, 1.54) is 0 Å². The third-order valence-electron chi connectivity index (χ3n) is 5.39. The van der Waals surface area contributed by atoms with Crippen LogP contribution in [0.1, 0.15) is 37.5 Å². The van der Waals surface area contributed by atoms with Crippen molar-refractivity contribution in [3.8, 4) is 5.75 Å². The molecule has 0 heterocycles. The van der Waals surface area contributed by atoms with E-state index in [2.05, 4.69) is 5.32 Å². The molecule has 0 spiro atoms. The number of aryl methyl sites for hydroxylation is 1. The van der Waals surface area contributed by atoms with Crippen molar-refractivity contribution in [3.63, 3.8) is 0 Å². The van der Waals surface area contributed by atoms with Crippen LogP contribution in [0.4, 0.5) is 0 Å². The molecule has 6 heteroatoms. The normalized spacial score (nSPS) is 12.0. The molecule has 1 atom stereocenters. The first-order chi connectivity index (χ1) is 16.6. The summed E-state index contributed by atoms with van der Waals surface area (Å²) in [5.41, 5.74) is 2.45. The SMILES string of the molecule is Cc1ccc(OCC(=O)N(Cc2cccc(Cl)c2)C(Cc2ccccc2)C(=O)NC(C)(C)C)cc1. The van der Waals surface area contributed by atoms with Gasteiger partial charge in [-0.25, -0.2) is 0 Å². The van der Waals surface area contributed by atoms with Crippen LogP contribution in [0.2, 0.25) is 5.02 Å². The highest BCUT2D eigenvalue weighted by molar-refractivity contribution is 6.30. The molecule has 3 rings (SSSR count). The Hall–Kier alpha value is -3.31. The molecule has 3 aromatic rings. The van der Waals surface area contributed by atoms with Crippen molar-refractivity contribution in [2.75, 3.05) is 6.61 Å². The van der Waals surface area contributed by atoms with E-state index in [9.17, 15) is 9.59 Å². The van der Waals surface area contributed by atoms with Crippen LogP contribution in [0.3, 0.4) is 0 Å². The Morgan fingerprint density at radius 2 is 1.60 bits per heavy atom. The lowest BCUT2D eigenvalue weighted by Gasteiger charge is -2.33. The second-order valence-electron chi connectivity index (χ2n) is 9.70. The molecule has 0 radical (unpaired) electrons. The first kappa shape index (κ1) is 26.3. The molecule has 0 saturated heterocycles. The average Bonchev–Trinajstić information content (AvgIpc) is 2.80. The van der Waals surface area contributed by atoms with Crippen LogP contribution in [0.5, 0.6) is 5.75 Å². The van der Waals surface area contributed by atoms with Gasteiger partial charge in [-0.3, -0.25) is 9.59 Å². The highest BCUT2D eigenvalue weighted by Crippen LogP contribution is 2.19. The van der Waals surface area contributed by atoms with E-state index in [1.54, 1.807) is 11.0 Å². The number of hydrogen-bond donors (Lipinski definition) is 1. The number of amides is 2. The molecular formula is C29H33ClN2O3. The van der Waals surface area contributed by atoms with Gasteiger partial charge in [-0.05, 0) is 63.1 Å². The summed E-state index contributed by atoms with van der Waals surface area (Å²) in [4.78, 5) is 28.7. The summed E-state index contributed by atoms with van der Waals surface area (Å²) >= 11 is 6.21. The zero-order chi connectivity index (χ0) is 25.4. The third-order valence-corrected chi connectivity index (χ3v) is 5.63. The van der Waals surface area contributed by atoms with E-state index < -0.39 is 11.6 Å². The number of nitrogens with zero attached hydrogens (tertiary/aromatic N) is 1. The number of halogens is 1. The molecule has 0 aliphatic heterocycles. The minimum Gasteiger partial charge on any atom is -0.484 e. The summed E-state index contributed by atoms with van der Waals surface area (Å²) < 4.78 is 5.80. The molecule has 2 amide bonds. The molecule has 0 bridgehead atoms. The van der Waals surface area contributed by atoms with E-state index in [0.29, 0.717) is 17.2 Å². The van der Waals surface area contributed by atoms with Gasteiger partial charge in [0.1, 0.15) is 11.8 Å². The molecule has 184 valence electrons. The minimum absolute atomic E-state index is 0.183. The number of rotatable bonds is 9. The van der Waals surface area contributed by atoms with Crippen LogP contribution < -0.4 is 10.1 Å². The van der Waals surface area contributed by atoms with Crippen LogP contribution in [0.15, 0.2) is 78.9 Å². The van der Waals surface area contributed by atoms with Crippen molar-refractivity contribution >= 4 is 23.4 Å². The molecule has 0 saturated carbocycles. The zero-order valence-electron chi connectivity index (χ0n) is 20.8. The van der Waals surface area contributed by atoms with Gasteiger partial charge in [-0.1, -0.05) is 71.8 Å². The van der Waals surface area contributed by atoms with Gasteiger partial charge in [0, 0.05) is 23.5 Å². The lowest BCUT2D eigenvalue weighted by atomic mass is 10.0. The Bertz CT molecular complexity index is 1120. The number of carbonyl (C=O) groups excluding carboxylic acids is 2. The molecule has 0 aromatic heterocycles. The van der Waals surface area contributed by atoms with Gasteiger partial charge < -0.3 is 15.0 Å². The molecule has 1 N–H and O–H groups in total. The summed E-state index contributed by atoms with van der Waals surface area (Å²) in [5.74, 6) is 0.105. The van der Waals surface area contributed by atoms with E-state index in [1.807, 2.05) is 100 Å². The number of ether oxygens (including phenoxy) is 1. The Kier molecular flexibility index (Phi) is 8.94. The average molecular weight is 493 g/mol.